The van der Waals surface area contributed by atoms with Crippen LogP contribution in [0, 0.1) is 10.1 Å². The maximum absolute atomic E-state index is 11.7. The lowest BCUT2D eigenvalue weighted by molar-refractivity contribution is -0.384. The van der Waals surface area contributed by atoms with Crippen molar-refractivity contribution >= 4 is 11.6 Å². The second-order valence-electron chi connectivity index (χ2n) is 3.72. The molecular weight excluding hydrogens is 250 g/mol. The average molecular weight is 263 g/mol. The second-order valence-corrected chi connectivity index (χ2v) is 3.72. The highest BCUT2D eigenvalue weighted by atomic mass is 16.6. The van der Waals surface area contributed by atoms with E-state index in [1.807, 2.05) is 0 Å². The lowest BCUT2D eigenvalue weighted by Gasteiger charge is -2.04. The second kappa shape index (κ2) is 7.67. The van der Waals surface area contributed by atoms with E-state index >= 15 is 0 Å². The van der Waals surface area contributed by atoms with Gasteiger partial charge in [0, 0.05) is 35.7 Å². The third-order valence-corrected chi connectivity index (χ3v) is 2.37. The summed E-state index contributed by atoms with van der Waals surface area (Å²) in [7, 11) is 0. The number of azide groups is 1. The number of nitrogens with one attached hydrogen (secondary N) is 1. The van der Waals surface area contributed by atoms with Gasteiger partial charge in [-0.25, -0.2) is 0 Å². The summed E-state index contributed by atoms with van der Waals surface area (Å²) in [6.45, 7) is 0.876. The molecule has 0 aromatic heterocycles. The Labute approximate surface area is 109 Å². The standard InChI is InChI=1S/C11H13N5O3/c12-15-14-8-2-1-7-13-11(17)9-3-5-10(6-4-9)16(18)19/h3-6H,1-2,7-8H2,(H,13,17). The van der Waals surface area contributed by atoms with E-state index in [9.17, 15) is 14.9 Å². The van der Waals surface area contributed by atoms with Gasteiger partial charge in [-0.2, -0.15) is 0 Å². The topological polar surface area (TPSA) is 121 Å². The first-order valence-electron chi connectivity index (χ1n) is 5.68. The lowest BCUT2D eigenvalue weighted by atomic mass is 10.2. The van der Waals surface area contributed by atoms with E-state index in [0.717, 1.165) is 0 Å². The number of rotatable bonds is 7. The molecule has 8 heteroatoms. The number of benzene rings is 1. The Bertz CT molecular complexity index is 494. The van der Waals surface area contributed by atoms with Crippen molar-refractivity contribution < 1.29 is 9.72 Å². The zero-order chi connectivity index (χ0) is 14.1. The molecular formula is C11H13N5O3. The normalized spacial score (nSPS) is 9.47. The van der Waals surface area contributed by atoms with Crippen LogP contribution in [-0.4, -0.2) is 23.9 Å². The molecule has 1 aromatic rings. The summed E-state index contributed by atoms with van der Waals surface area (Å²) >= 11 is 0. The van der Waals surface area contributed by atoms with E-state index in [4.69, 9.17) is 5.53 Å². The van der Waals surface area contributed by atoms with Gasteiger partial charge < -0.3 is 5.32 Å². The fourth-order valence-electron chi connectivity index (χ4n) is 1.39. The van der Waals surface area contributed by atoms with E-state index in [1.54, 1.807) is 0 Å². The number of unbranched alkanes of at least 4 members (excludes halogenated alkanes) is 1. The summed E-state index contributed by atoms with van der Waals surface area (Å²) in [6, 6.07) is 5.40. The molecule has 0 aliphatic heterocycles. The largest absolute Gasteiger partial charge is 0.352 e. The van der Waals surface area contributed by atoms with Gasteiger partial charge >= 0.3 is 0 Å². The summed E-state index contributed by atoms with van der Waals surface area (Å²) in [6.07, 6.45) is 1.41. The van der Waals surface area contributed by atoms with Crippen molar-refractivity contribution in [3.05, 3.63) is 50.4 Å². The number of amides is 1. The van der Waals surface area contributed by atoms with Crippen LogP contribution in [0.1, 0.15) is 23.2 Å². The number of carbonyl (C=O) groups excluding carboxylic acids is 1. The average Bonchev–Trinajstić information content (AvgIpc) is 2.42. The highest BCUT2D eigenvalue weighted by Crippen LogP contribution is 2.11. The minimum Gasteiger partial charge on any atom is -0.352 e. The Morgan fingerprint density at radius 3 is 2.63 bits per heavy atom. The first kappa shape index (κ1) is 14.5. The molecule has 19 heavy (non-hydrogen) atoms. The van der Waals surface area contributed by atoms with Gasteiger partial charge in [0.15, 0.2) is 0 Å². The van der Waals surface area contributed by atoms with Crippen LogP contribution in [0.5, 0.6) is 0 Å². The third-order valence-electron chi connectivity index (χ3n) is 2.37. The van der Waals surface area contributed by atoms with Crippen LogP contribution in [0.25, 0.3) is 10.4 Å². The summed E-state index contributed by atoms with van der Waals surface area (Å²) < 4.78 is 0. The molecule has 0 atom stereocenters. The van der Waals surface area contributed by atoms with Gasteiger partial charge in [-0.15, -0.1) is 0 Å². The molecule has 100 valence electrons. The molecule has 1 N–H and O–H groups in total. The highest BCUT2D eigenvalue weighted by Gasteiger charge is 2.08. The van der Waals surface area contributed by atoms with E-state index in [1.165, 1.54) is 24.3 Å². The van der Waals surface area contributed by atoms with Crippen molar-refractivity contribution in [3.63, 3.8) is 0 Å². The lowest BCUT2D eigenvalue weighted by Crippen LogP contribution is -2.24. The van der Waals surface area contributed by atoms with Crippen LogP contribution in [0.2, 0.25) is 0 Å². The van der Waals surface area contributed by atoms with Gasteiger partial charge in [0.1, 0.15) is 0 Å². The van der Waals surface area contributed by atoms with Gasteiger partial charge in [0.05, 0.1) is 4.92 Å². The fraction of sp³-hybridized carbons (Fsp3) is 0.364. The number of nitro benzene ring substituents is 1. The summed E-state index contributed by atoms with van der Waals surface area (Å²) in [5.41, 5.74) is 8.39. The molecule has 0 radical (unpaired) electrons. The van der Waals surface area contributed by atoms with Crippen LogP contribution in [0.4, 0.5) is 5.69 Å². The zero-order valence-corrected chi connectivity index (χ0v) is 10.2. The highest BCUT2D eigenvalue weighted by molar-refractivity contribution is 5.94. The Balaban J connectivity index is 2.37. The van der Waals surface area contributed by atoms with Gasteiger partial charge in [0.25, 0.3) is 11.6 Å². The van der Waals surface area contributed by atoms with E-state index in [0.29, 0.717) is 31.5 Å². The molecule has 0 heterocycles. The van der Waals surface area contributed by atoms with Crippen LogP contribution in [0.3, 0.4) is 0 Å². The van der Waals surface area contributed by atoms with Crippen LogP contribution in [0.15, 0.2) is 29.4 Å². The number of nitrogens with zero attached hydrogens (tertiary/aromatic N) is 4. The first-order valence-corrected chi connectivity index (χ1v) is 5.68. The van der Waals surface area contributed by atoms with Gasteiger partial charge in [-0.3, -0.25) is 14.9 Å². The maximum atomic E-state index is 11.7. The molecule has 0 bridgehead atoms. The summed E-state index contributed by atoms with van der Waals surface area (Å²) in [4.78, 5) is 24.2. The fourth-order valence-corrected chi connectivity index (χ4v) is 1.39. The number of hydrogen-bond acceptors (Lipinski definition) is 4. The van der Waals surface area contributed by atoms with Crippen molar-refractivity contribution in [1.82, 2.24) is 5.32 Å². The molecule has 1 rings (SSSR count). The minimum absolute atomic E-state index is 0.0501. The first-order chi connectivity index (χ1) is 9.15. The van der Waals surface area contributed by atoms with Crippen molar-refractivity contribution in [1.29, 1.82) is 0 Å². The number of nitro groups is 1. The van der Waals surface area contributed by atoms with Gasteiger partial charge in [0.2, 0.25) is 0 Å². The maximum Gasteiger partial charge on any atom is 0.269 e. The quantitative estimate of drug-likeness (QED) is 0.203. The van der Waals surface area contributed by atoms with Gasteiger partial charge in [-0.1, -0.05) is 5.11 Å². The number of carbonyl (C=O) groups is 1. The molecule has 0 saturated carbocycles. The summed E-state index contributed by atoms with van der Waals surface area (Å²) in [5, 5.41) is 16.5. The smallest absolute Gasteiger partial charge is 0.269 e. The number of hydrogen-bond donors (Lipinski definition) is 1. The Hall–Kier alpha value is -2.60. The van der Waals surface area contributed by atoms with E-state index in [-0.39, 0.29) is 11.6 Å². The van der Waals surface area contributed by atoms with Crippen LogP contribution in [-0.2, 0) is 0 Å². The Kier molecular flexibility index (Phi) is 5.84. The zero-order valence-electron chi connectivity index (χ0n) is 10.2. The molecule has 0 aliphatic carbocycles. The molecule has 1 amide bonds. The Morgan fingerprint density at radius 2 is 2.05 bits per heavy atom. The number of non-ortho nitro benzene ring substituents is 1. The molecule has 0 fully saturated rings. The van der Waals surface area contributed by atoms with Crippen molar-refractivity contribution in [2.45, 2.75) is 12.8 Å². The SMILES string of the molecule is [N-]=[N+]=NCCCCNC(=O)c1ccc([N+](=O)[O-])cc1. The van der Waals surface area contributed by atoms with Gasteiger partial charge in [-0.05, 0) is 30.5 Å². The van der Waals surface area contributed by atoms with Crippen molar-refractivity contribution in [3.8, 4) is 0 Å². The van der Waals surface area contributed by atoms with Crippen LogP contribution < -0.4 is 5.32 Å². The predicted molar refractivity (Wildman–Crippen MR) is 68.7 cm³/mol. The molecule has 0 aliphatic rings. The molecule has 8 nitrogen and oxygen atoms in total. The third kappa shape index (κ3) is 5.05. The van der Waals surface area contributed by atoms with Crippen LogP contribution >= 0.6 is 0 Å². The minimum atomic E-state index is -0.516. The molecule has 0 saturated heterocycles. The van der Waals surface area contributed by atoms with E-state index in [2.05, 4.69) is 15.3 Å². The molecule has 0 unspecified atom stereocenters. The molecule has 1 aromatic carbocycles. The molecule has 0 spiro atoms. The van der Waals surface area contributed by atoms with E-state index < -0.39 is 4.92 Å². The predicted octanol–water partition coefficient (Wildman–Crippen LogP) is 2.42. The van der Waals surface area contributed by atoms with Crippen molar-refractivity contribution in [2.75, 3.05) is 13.1 Å². The van der Waals surface area contributed by atoms with Crippen molar-refractivity contribution in [2.24, 2.45) is 5.11 Å². The summed E-state index contributed by atoms with van der Waals surface area (Å²) in [5.74, 6) is -0.279. The Morgan fingerprint density at radius 1 is 1.37 bits per heavy atom. The monoisotopic (exact) mass is 263 g/mol.